The van der Waals surface area contributed by atoms with Crippen molar-refractivity contribution in [2.24, 2.45) is 5.73 Å². The lowest BCUT2D eigenvalue weighted by atomic mass is 10.3. The van der Waals surface area contributed by atoms with E-state index in [4.69, 9.17) is 17.3 Å². The van der Waals surface area contributed by atoms with Crippen LogP contribution in [0.1, 0.15) is 10.4 Å². The summed E-state index contributed by atoms with van der Waals surface area (Å²) in [5, 5.41) is -0.285. The minimum Gasteiger partial charge on any atom is -0.366 e. The number of rotatable bonds is 1. The summed E-state index contributed by atoms with van der Waals surface area (Å²) in [6, 6.07) is 0. The van der Waals surface area contributed by atoms with Gasteiger partial charge in [0.05, 0.1) is 16.8 Å². The number of hydrogen-bond donors (Lipinski definition) is 1. The third-order valence-electron chi connectivity index (χ3n) is 1.10. The molecule has 3 nitrogen and oxygen atoms in total. The number of pyridine rings is 1. The predicted octanol–water partition coefficient (Wildman–Crippen LogP) is 0.973. The summed E-state index contributed by atoms with van der Waals surface area (Å²) in [7, 11) is 0. The molecule has 1 rings (SSSR count). The van der Waals surface area contributed by atoms with Crippen molar-refractivity contribution in [1.82, 2.24) is 4.98 Å². The second-order valence-corrected chi connectivity index (χ2v) is 2.23. The van der Waals surface area contributed by atoms with Gasteiger partial charge < -0.3 is 5.73 Å². The zero-order valence-electron chi connectivity index (χ0n) is 5.34. The number of nitrogens with two attached hydrogens (primary N) is 1. The van der Waals surface area contributed by atoms with Gasteiger partial charge in [-0.25, -0.2) is 4.39 Å². The fraction of sp³-hybridized carbons (Fsp3) is 0. The van der Waals surface area contributed by atoms with Gasteiger partial charge in [-0.3, -0.25) is 9.78 Å². The maximum absolute atomic E-state index is 12.5. The van der Waals surface area contributed by atoms with E-state index in [1.54, 1.807) is 0 Å². The molecule has 0 aliphatic carbocycles. The average molecular weight is 175 g/mol. The maximum Gasteiger partial charge on any atom is 0.251 e. The summed E-state index contributed by atoms with van der Waals surface area (Å²) in [5.74, 6) is -1.54. The first-order valence-electron chi connectivity index (χ1n) is 2.71. The molecule has 0 atom stereocenters. The largest absolute Gasteiger partial charge is 0.366 e. The summed E-state index contributed by atoms with van der Waals surface area (Å²) in [5.41, 5.74) is 4.75. The van der Waals surface area contributed by atoms with Crippen molar-refractivity contribution in [1.29, 1.82) is 0 Å². The lowest BCUT2D eigenvalue weighted by molar-refractivity contribution is 0.0999. The average Bonchev–Trinajstić information content (AvgIpc) is 1.94. The molecule has 0 fully saturated rings. The van der Waals surface area contributed by atoms with Crippen molar-refractivity contribution in [3.05, 3.63) is 28.8 Å². The van der Waals surface area contributed by atoms with Gasteiger partial charge in [0, 0.05) is 6.20 Å². The third kappa shape index (κ3) is 1.46. The van der Waals surface area contributed by atoms with E-state index in [2.05, 4.69) is 4.98 Å². The fourth-order valence-electron chi connectivity index (χ4n) is 0.591. The van der Waals surface area contributed by atoms with Crippen LogP contribution in [0.2, 0.25) is 5.02 Å². The van der Waals surface area contributed by atoms with Gasteiger partial charge in [0.2, 0.25) is 0 Å². The zero-order valence-corrected chi connectivity index (χ0v) is 6.10. The zero-order chi connectivity index (χ0) is 8.43. The molecule has 0 radical (unpaired) electrons. The number of aromatic nitrogens is 1. The molecule has 0 saturated carbocycles. The Labute approximate surface area is 67.0 Å². The molecule has 0 aromatic carbocycles. The van der Waals surface area contributed by atoms with E-state index in [0.29, 0.717) is 0 Å². The third-order valence-corrected chi connectivity index (χ3v) is 1.49. The molecule has 0 aliphatic heterocycles. The minimum absolute atomic E-state index is 0.105. The number of carbonyl (C=O) groups is 1. The minimum atomic E-state index is -0.790. The molecule has 2 N–H and O–H groups in total. The highest BCUT2D eigenvalue weighted by Gasteiger charge is 2.10. The van der Waals surface area contributed by atoms with E-state index in [1.165, 1.54) is 0 Å². The Morgan fingerprint density at radius 1 is 1.64 bits per heavy atom. The molecule has 58 valence electrons. The molecule has 0 unspecified atom stereocenters. The number of halogens is 2. The van der Waals surface area contributed by atoms with Crippen molar-refractivity contribution in [2.75, 3.05) is 0 Å². The SMILES string of the molecule is NC(=O)c1cncc(F)c1Cl. The summed E-state index contributed by atoms with van der Waals surface area (Å²) < 4.78 is 12.5. The van der Waals surface area contributed by atoms with Gasteiger partial charge in [0.15, 0.2) is 5.82 Å². The summed E-state index contributed by atoms with van der Waals surface area (Å²) in [6.07, 6.45) is 2.03. The Hall–Kier alpha value is -1.16. The van der Waals surface area contributed by atoms with Crippen molar-refractivity contribution in [2.45, 2.75) is 0 Å². The van der Waals surface area contributed by atoms with Gasteiger partial charge in [-0.2, -0.15) is 0 Å². The maximum atomic E-state index is 12.5. The predicted molar refractivity (Wildman–Crippen MR) is 37.7 cm³/mol. The van der Waals surface area contributed by atoms with Gasteiger partial charge in [-0.05, 0) is 0 Å². The van der Waals surface area contributed by atoms with Crippen LogP contribution in [0.3, 0.4) is 0 Å². The molecule has 1 aromatic rings. The van der Waals surface area contributed by atoms with Crippen LogP contribution in [-0.4, -0.2) is 10.9 Å². The highest BCUT2D eigenvalue weighted by Crippen LogP contribution is 2.16. The molecule has 1 aromatic heterocycles. The second kappa shape index (κ2) is 2.84. The molecule has 5 heteroatoms. The molecule has 1 heterocycles. The molecular formula is C6H4ClFN2O. The molecule has 0 saturated heterocycles. The quantitative estimate of drug-likeness (QED) is 0.690. The monoisotopic (exact) mass is 174 g/mol. The first-order valence-corrected chi connectivity index (χ1v) is 3.09. The van der Waals surface area contributed by atoms with Crippen LogP contribution in [0.5, 0.6) is 0 Å². The Kier molecular flexibility index (Phi) is 2.05. The van der Waals surface area contributed by atoms with E-state index in [9.17, 15) is 9.18 Å². The molecule has 0 bridgehead atoms. The van der Waals surface area contributed by atoms with Crippen LogP contribution in [0.25, 0.3) is 0 Å². The Bertz CT molecular complexity index is 303. The highest BCUT2D eigenvalue weighted by atomic mass is 35.5. The molecular weight excluding hydrogens is 171 g/mol. The number of carbonyl (C=O) groups excluding carboxylic acids is 1. The highest BCUT2D eigenvalue weighted by molar-refractivity contribution is 6.33. The first kappa shape index (κ1) is 7.94. The van der Waals surface area contributed by atoms with Gasteiger partial charge >= 0.3 is 0 Å². The normalized spacial score (nSPS) is 9.64. The van der Waals surface area contributed by atoms with E-state index in [0.717, 1.165) is 12.4 Å². The Morgan fingerprint density at radius 3 is 2.73 bits per heavy atom. The van der Waals surface area contributed by atoms with Crippen LogP contribution in [0.15, 0.2) is 12.4 Å². The van der Waals surface area contributed by atoms with Gasteiger partial charge in [-0.1, -0.05) is 11.6 Å². The Morgan fingerprint density at radius 2 is 2.27 bits per heavy atom. The number of hydrogen-bond acceptors (Lipinski definition) is 2. The second-order valence-electron chi connectivity index (χ2n) is 1.85. The lowest BCUT2D eigenvalue weighted by Gasteiger charge is -1.97. The van der Waals surface area contributed by atoms with E-state index in [1.807, 2.05) is 0 Å². The number of primary amides is 1. The van der Waals surface area contributed by atoms with Gasteiger partial charge in [0.1, 0.15) is 0 Å². The number of amides is 1. The number of nitrogens with zero attached hydrogens (tertiary/aromatic N) is 1. The summed E-state index contributed by atoms with van der Waals surface area (Å²) >= 11 is 5.37. The summed E-state index contributed by atoms with van der Waals surface area (Å²) in [4.78, 5) is 13.9. The molecule has 1 amide bonds. The molecule has 11 heavy (non-hydrogen) atoms. The Balaban J connectivity index is 3.27. The first-order chi connectivity index (χ1) is 5.13. The van der Waals surface area contributed by atoms with Crippen LogP contribution >= 0.6 is 11.6 Å². The van der Waals surface area contributed by atoms with Crippen LogP contribution in [0, 0.1) is 5.82 Å². The summed E-state index contributed by atoms with van der Waals surface area (Å²) in [6.45, 7) is 0. The van der Waals surface area contributed by atoms with Gasteiger partial charge in [0.25, 0.3) is 5.91 Å². The molecule has 0 spiro atoms. The van der Waals surface area contributed by atoms with Crippen LogP contribution in [0.4, 0.5) is 4.39 Å². The smallest absolute Gasteiger partial charge is 0.251 e. The van der Waals surface area contributed by atoms with Crippen molar-refractivity contribution >= 4 is 17.5 Å². The van der Waals surface area contributed by atoms with Crippen molar-refractivity contribution in [3.63, 3.8) is 0 Å². The van der Waals surface area contributed by atoms with Crippen LogP contribution in [-0.2, 0) is 0 Å². The standard InChI is InChI=1S/C6H4ClFN2O/c7-5-3(6(9)11)1-10-2-4(5)8/h1-2H,(H2,9,11). The van der Waals surface area contributed by atoms with Crippen molar-refractivity contribution in [3.8, 4) is 0 Å². The lowest BCUT2D eigenvalue weighted by Crippen LogP contribution is -2.12. The fourth-order valence-corrected chi connectivity index (χ4v) is 0.782. The van der Waals surface area contributed by atoms with E-state index >= 15 is 0 Å². The van der Waals surface area contributed by atoms with Gasteiger partial charge in [-0.15, -0.1) is 0 Å². The van der Waals surface area contributed by atoms with Crippen molar-refractivity contribution < 1.29 is 9.18 Å². The molecule has 0 aliphatic rings. The van der Waals surface area contributed by atoms with Crippen LogP contribution < -0.4 is 5.73 Å². The topological polar surface area (TPSA) is 56.0 Å². The van der Waals surface area contributed by atoms with E-state index in [-0.39, 0.29) is 10.6 Å². The van der Waals surface area contributed by atoms with E-state index < -0.39 is 11.7 Å².